The maximum atomic E-state index is 13.2. The van der Waals surface area contributed by atoms with Crippen LogP contribution in [0.4, 0.5) is 20.2 Å². The Morgan fingerprint density at radius 2 is 1.72 bits per heavy atom. The smallest absolute Gasteiger partial charge is 0.485 e. The Labute approximate surface area is 253 Å². The standard InChI is InChI=1S/C18H18FN2.C7H5N.C2H4F.CH3.3Li/c1-3-16(4-2)21-17-10-8-13(9-11-17)18(20)14-6-5-7-15(19)12-14;1-8-7-5-3-2-4-6-7;1-2-3;;;;/h5-8,10-12,16,20-21H,1-4H2;1-5H;2H,1H3;1H3;;;/q-3;-2;2*-1;3*+1. The molecule has 0 aliphatic heterocycles. The number of rotatable bonds is 7. The molecule has 2 N–H and O–H groups in total. The van der Waals surface area contributed by atoms with Crippen LogP contribution >= 0.6 is 0 Å². The molecule has 0 bridgehead atoms. The third-order valence-electron chi connectivity index (χ3n) is 4.09. The molecule has 0 unspecified atom stereocenters. The predicted octanol–water partition coefficient (Wildman–Crippen LogP) is -1.43. The van der Waals surface area contributed by atoms with Crippen LogP contribution in [0, 0.1) is 51.3 Å². The minimum absolute atomic E-state index is 0. The summed E-state index contributed by atoms with van der Waals surface area (Å²) in [4.78, 5) is 3.42. The maximum Gasteiger partial charge on any atom is 1.00 e. The van der Waals surface area contributed by atoms with E-state index in [1.165, 1.54) is 19.1 Å². The van der Waals surface area contributed by atoms with Crippen LogP contribution in [0.15, 0.2) is 71.7 Å². The quantitative estimate of drug-likeness (QED) is 0.250. The molecule has 178 valence electrons. The van der Waals surface area contributed by atoms with Crippen molar-refractivity contribution in [3.63, 3.8) is 0 Å². The zero-order chi connectivity index (χ0) is 23.8. The molecule has 3 aromatic rings. The van der Waals surface area contributed by atoms with E-state index in [1.807, 2.05) is 18.2 Å². The fourth-order valence-electron chi connectivity index (χ4n) is 2.46. The second kappa shape index (κ2) is 25.1. The third kappa shape index (κ3) is 16.2. The van der Waals surface area contributed by atoms with Gasteiger partial charge in [-0.25, -0.2) is 16.1 Å². The van der Waals surface area contributed by atoms with Gasteiger partial charge in [-0.15, -0.1) is 29.8 Å². The van der Waals surface area contributed by atoms with Gasteiger partial charge in [0.05, 0.1) is 0 Å². The fourth-order valence-corrected chi connectivity index (χ4v) is 2.46. The number of aliphatic imine (C=N–C) groups is 1. The molecule has 36 heavy (non-hydrogen) atoms. The summed E-state index contributed by atoms with van der Waals surface area (Å²) in [5.41, 5.74) is 3.04. The average molecular weight is 467 g/mol. The van der Waals surface area contributed by atoms with Gasteiger partial charge >= 0.3 is 56.6 Å². The molecule has 3 rings (SSSR count). The minimum Gasteiger partial charge on any atom is -0.485 e. The van der Waals surface area contributed by atoms with E-state index in [2.05, 4.69) is 36.3 Å². The van der Waals surface area contributed by atoms with E-state index in [1.54, 1.807) is 36.4 Å². The van der Waals surface area contributed by atoms with Crippen molar-refractivity contribution in [3.8, 4) is 0 Å². The Balaban J connectivity index is -0.000000290. The molecule has 0 saturated carbocycles. The molecule has 0 heterocycles. The number of nitrogens with one attached hydrogen (secondary N) is 2. The molecule has 0 radical (unpaired) electrons. The van der Waals surface area contributed by atoms with Crippen molar-refractivity contribution in [2.75, 3.05) is 5.32 Å². The monoisotopic (exact) mass is 467 g/mol. The van der Waals surface area contributed by atoms with Crippen LogP contribution in [0.2, 0.25) is 0 Å². The van der Waals surface area contributed by atoms with Gasteiger partial charge in [0.2, 0.25) is 0 Å². The molecule has 3 aromatic carbocycles. The number of para-hydroxylation sites is 1. The summed E-state index contributed by atoms with van der Waals surface area (Å²) >= 11 is 0. The first-order valence-electron chi connectivity index (χ1n) is 9.96. The van der Waals surface area contributed by atoms with E-state index in [9.17, 15) is 8.78 Å². The zero-order valence-electron chi connectivity index (χ0n) is 22.1. The van der Waals surface area contributed by atoms with Crippen LogP contribution < -0.4 is 61.9 Å². The van der Waals surface area contributed by atoms with Gasteiger partial charge in [0.1, 0.15) is 5.82 Å². The van der Waals surface area contributed by atoms with Crippen LogP contribution in [0.3, 0.4) is 0 Å². The SMILES string of the molecule is C[CH-]F.[CH-]=Nc1[c-]cccc1.[CH2-]CC(C[CH2-])Nc1c[c-]c(C(=N)c2cccc(F)c2)cc1.[CH3-].[Li+].[Li+].[Li+]. The Morgan fingerprint density at radius 3 is 2.14 bits per heavy atom. The Kier molecular flexibility index (Phi) is 29.0. The number of halogens is 2. The van der Waals surface area contributed by atoms with Gasteiger partial charge in [-0.05, 0) is 35.1 Å². The largest absolute Gasteiger partial charge is 1.00 e. The molecule has 0 atom stereocenters. The van der Waals surface area contributed by atoms with Crippen molar-refractivity contribution in [1.82, 2.24) is 0 Å². The summed E-state index contributed by atoms with van der Waals surface area (Å²) < 4.78 is 23.4. The van der Waals surface area contributed by atoms with E-state index >= 15 is 0 Å². The van der Waals surface area contributed by atoms with E-state index in [0.717, 1.165) is 18.5 Å². The molecule has 0 aliphatic rings. The second-order valence-corrected chi connectivity index (χ2v) is 6.39. The van der Waals surface area contributed by atoms with Crippen molar-refractivity contribution < 1.29 is 65.4 Å². The second-order valence-electron chi connectivity index (χ2n) is 6.39. The molecular weight excluding hydrogens is 437 g/mol. The van der Waals surface area contributed by atoms with Crippen LogP contribution in [0.25, 0.3) is 0 Å². The summed E-state index contributed by atoms with van der Waals surface area (Å²) in [6.45, 7) is 14.5. The third-order valence-corrected chi connectivity index (χ3v) is 4.09. The summed E-state index contributed by atoms with van der Waals surface area (Å²) in [6.07, 6.45) is 1.51. The first kappa shape index (κ1) is 41.6. The summed E-state index contributed by atoms with van der Waals surface area (Å²) in [5.74, 6) is -0.343. The Hall–Kier alpha value is -1.55. The summed E-state index contributed by atoms with van der Waals surface area (Å²) in [6, 6.07) is 24.9. The molecule has 0 saturated heterocycles. The Bertz CT molecular complexity index is 936. The number of benzene rings is 3. The maximum absolute atomic E-state index is 13.2. The van der Waals surface area contributed by atoms with Gasteiger partial charge < -0.3 is 41.4 Å². The molecule has 0 aromatic heterocycles. The van der Waals surface area contributed by atoms with Crippen LogP contribution in [-0.4, -0.2) is 18.5 Å². The summed E-state index contributed by atoms with van der Waals surface area (Å²) in [5, 5.41) is 11.4. The fraction of sp³-hybridized carbons (Fsp3) is 0.143. The van der Waals surface area contributed by atoms with Gasteiger partial charge in [0.25, 0.3) is 0 Å². The van der Waals surface area contributed by atoms with Crippen LogP contribution in [0.5, 0.6) is 0 Å². The zero-order valence-corrected chi connectivity index (χ0v) is 22.1. The normalized spacial score (nSPS) is 8.61. The van der Waals surface area contributed by atoms with Gasteiger partial charge in [-0.3, -0.25) is 6.07 Å². The number of anilines is 1. The molecular formula is C28H30F2Li3N3-4. The molecule has 0 spiro atoms. The van der Waals surface area contributed by atoms with Crippen molar-refractivity contribution >= 4 is 23.8 Å². The van der Waals surface area contributed by atoms with Crippen LogP contribution in [-0.2, 0) is 0 Å². The first-order valence-corrected chi connectivity index (χ1v) is 9.96. The first-order chi connectivity index (χ1) is 15.5. The molecule has 8 heteroatoms. The molecule has 0 fully saturated rings. The van der Waals surface area contributed by atoms with Crippen molar-refractivity contribution in [1.29, 1.82) is 5.41 Å². The van der Waals surface area contributed by atoms with Gasteiger partial charge in [0.15, 0.2) is 0 Å². The van der Waals surface area contributed by atoms with E-state index in [0.29, 0.717) is 23.5 Å². The van der Waals surface area contributed by atoms with Crippen molar-refractivity contribution in [2.45, 2.75) is 25.8 Å². The average Bonchev–Trinajstić information content (AvgIpc) is 2.84. The molecule has 0 amide bonds. The van der Waals surface area contributed by atoms with E-state index in [4.69, 9.17) is 12.1 Å². The summed E-state index contributed by atoms with van der Waals surface area (Å²) in [7, 11) is 0. The number of hydrogen-bond donors (Lipinski definition) is 2. The number of nitrogens with zero attached hydrogens (tertiary/aromatic N) is 1. The number of hydrogen-bond acceptors (Lipinski definition) is 3. The Morgan fingerprint density at radius 1 is 1.08 bits per heavy atom. The van der Waals surface area contributed by atoms with Gasteiger partial charge in [0, 0.05) is 0 Å². The van der Waals surface area contributed by atoms with E-state index < -0.39 is 0 Å². The van der Waals surface area contributed by atoms with Gasteiger partial charge in [-0.1, -0.05) is 12.1 Å². The van der Waals surface area contributed by atoms with Crippen molar-refractivity contribution in [2.24, 2.45) is 4.99 Å². The van der Waals surface area contributed by atoms with E-state index in [-0.39, 0.29) is 81.6 Å². The van der Waals surface area contributed by atoms with Crippen LogP contribution in [0.1, 0.15) is 30.9 Å². The predicted molar refractivity (Wildman–Crippen MR) is 136 cm³/mol. The molecule has 3 nitrogen and oxygen atoms in total. The minimum atomic E-state index is -0.343. The topological polar surface area (TPSA) is 48.2 Å². The molecule has 0 aliphatic carbocycles. The van der Waals surface area contributed by atoms with Crippen molar-refractivity contribution in [3.05, 3.63) is 124 Å². The van der Waals surface area contributed by atoms with Gasteiger partial charge in [-0.2, -0.15) is 51.4 Å².